The molecule has 1 saturated heterocycles. The fourth-order valence-electron chi connectivity index (χ4n) is 5.36. The Morgan fingerprint density at radius 2 is 1.24 bits per heavy atom. The molecule has 2 amide bonds. The third-order valence-electron chi connectivity index (χ3n) is 7.97. The molecule has 1 aliphatic rings. The molecule has 1 aliphatic heterocycles. The van der Waals surface area contributed by atoms with Crippen molar-refractivity contribution in [2.45, 2.75) is 168 Å². The molecule has 0 saturated carbocycles. The predicted molar refractivity (Wildman–Crippen MR) is 173 cm³/mol. The quantitative estimate of drug-likeness (QED) is 0.0638. The fraction of sp³-hybridized carbons (Fsp3) is 0.879. The van der Waals surface area contributed by atoms with Gasteiger partial charge in [-0.15, -0.1) is 0 Å². The maximum absolute atomic E-state index is 12.5. The van der Waals surface area contributed by atoms with Gasteiger partial charge >= 0.3 is 5.97 Å². The van der Waals surface area contributed by atoms with E-state index in [0.717, 1.165) is 38.5 Å². The average molecular weight is 596 g/mol. The van der Waals surface area contributed by atoms with Crippen LogP contribution in [0.4, 0.5) is 0 Å². The van der Waals surface area contributed by atoms with Gasteiger partial charge in [-0.05, 0) is 25.1 Å². The number of nitrogens with zero attached hydrogens (tertiary/aromatic N) is 1. The highest BCUT2D eigenvalue weighted by atomic mass is 32.1. The Morgan fingerprint density at radius 3 is 1.76 bits per heavy atom. The van der Waals surface area contributed by atoms with Gasteiger partial charge in [-0.2, -0.15) is 0 Å². The Balaban J connectivity index is 2.19. The third kappa shape index (κ3) is 19.9. The van der Waals surface area contributed by atoms with Crippen LogP contribution in [0.25, 0.3) is 0 Å². The molecule has 1 heterocycles. The van der Waals surface area contributed by atoms with Crippen LogP contribution < -0.4 is 10.6 Å². The molecule has 7 nitrogen and oxygen atoms in total. The molecule has 1 rings (SSSR count). The number of hydrogen-bond donors (Lipinski definition) is 2. The zero-order chi connectivity index (χ0) is 30.0. The van der Waals surface area contributed by atoms with Gasteiger partial charge in [0.15, 0.2) is 5.11 Å². The molecule has 2 N–H and O–H groups in total. The van der Waals surface area contributed by atoms with Crippen molar-refractivity contribution in [3.8, 4) is 0 Å². The number of ether oxygens (including phenoxy) is 1. The normalized spacial score (nSPS) is 15.0. The highest BCUT2D eigenvalue weighted by Gasteiger charge is 2.34. The van der Waals surface area contributed by atoms with Crippen molar-refractivity contribution >= 4 is 35.1 Å². The molecule has 0 spiro atoms. The lowest BCUT2D eigenvalue weighted by atomic mass is 10.1. The Bertz CT molecular complexity index is 719. The molecule has 1 atom stereocenters. The van der Waals surface area contributed by atoms with Gasteiger partial charge in [0.05, 0.1) is 13.0 Å². The van der Waals surface area contributed by atoms with Crippen LogP contribution in [0, 0.1) is 0 Å². The van der Waals surface area contributed by atoms with Gasteiger partial charge in [-0.25, -0.2) is 0 Å². The third-order valence-corrected chi connectivity index (χ3v) is 8.30. The molecule has 238 valence electrons. The molecule has 0 bridgehead atoms. The number of carbonyl (C=O) groups is 3. The summed E-state index contributed by atoms with van der Waals surface area (Å²) in [6.07, 6.45) is 26.1. The van der Waals surface area contributed by atoms with Gasteiger partial charge in [-0.1, -0.05) is 136 Å². The summed E-state index contributed by atoms with van der Waals surface area (Å²) in [7, 11) is 0. The highest BCUT2D eigenvalue weighted by molar-refractivity contribution is 7.80. The SMILES string of the molecule is CCCCCCCCCCCCCC(=O)NC(=S)N1CCNC(=O)C1CC(=O)OCCCCCCCCCCCC. The molecule has 1 fully saturated rings. The lowest BCUT2D eigenvalue weighted by Gasteiger charge is -2.36. The second-order valence-electron chi connectivity index (χ2n) is 11.7. The first-order chi connectivity index (χ1) is 20.0. The largest absolute Gasteiger partial charge is 0.466 e. The summed E-state index contributed by atoms with van der Waals surface area (Å²) in [5.41, 5.74) is 0. The second kappa shape index (κ2) is 26.0. The van der Waals surface area contributed by atoms with E-state index in [1.807, 2.05) is 0 Å². The van der Waals surface area contributed by atoms with Crippen molar-refractivity contribution in [3.63, 3.8) is 0 Å². The zero-order valence-electron chi connectivity index (χ0n) is 26.5. The zero-order valence-corrected chi connectivity index (χ0v) is 27.3. The molecular formula is C33H61N3O4S. The first-order valence-corrected chi connectivity index (χ1v) is 17.4. The van der Waals surface area contributed by atoms with Crippen LogP contribution in [-0.2, 0) is 19.1 Å². The second-order valence-corrected chi connectivity index (χ2v) is 12.1. The van der Waals surface area contributed by atoms with Gasteiger partial charge in [0, 0.05) is 19.5 Å². The molecule has 0 aromatic rings. The van der Waals surface area contributed by atoms with Crippen molar-refractivity contribution in [2.75, 3.05) is 19.7 Å². The van der Waals surface area contributed by atoms with Crippen molar-refractivity contribution < 1.29 is 19.1 Å². The van der Waals surface area contributed by atoms with Crippen LogP contribution in [0.1, 0.15) is 162 Å². The number of thiocarbonyl (C=S) groups is 1. The van der Waals surface area contributed by atoms with E-state index in [0.29, 0.717) is 26.1 Å². The predicted octanol–water partition coefficient (Wildman–Crippen LogP) is 7.74. The van der Waals surface area contributed by atoms with E-state index in [1.54, 1.807) is 4.90 Å². The topological polar surface area (TPSA) is 87.7 Å². The average Bonchev–Trinajstić information content (AvgIpc) is 2.95. The van der Waals surface area contributed by atoms with Crippen molar-refractivity contribution in [3.05, 3.63) is 0 Å². The molecule has 0 aliphatic carbocycles. The summed E-state index contributed by atoms with van der Waals surface area (Å²) in [5.74, 6) is -0.781. The number of amides is 2. The van der Waals surface area contributed by atoms with E-state index in [-0.39, 0.29) is 23.3 Å². The number of unbranched alkanes of at least 4 members (excludes halogenated alkanes) is 19. The van der Waals surface area contributed by atoms with Crippen LogP contribution in [0.5, 0.6) is 0 Å². The molecule has 41 heavy (non-hydrogen) atoms. The smallest absolute Gasteiger partial charge is 0.308 e. The molecular weight excluding hydrogens is 534 g/mol. The van der Waals surface area contributed by atoms with Crippen molar-refractivity contribution in [2.24, 2.45) is 0 Å². The maximum atomic E-state index is 12.5. The first-order valence-electron chi connectivity index (χ1n) is 17.0. The number of hydrogen-bond acceptors (Lipinski definition) is 5. The van der Waals surface area contributed by atoms with E-state index < -0.39 is 12.0 Å². The van der Waals surface area contributed by atoms with E-state index in [9.17, 15) is 14.4 Å². The van der Waals surface area contributed by atoms with E-state index >= 15 is 0 Å². The lowest BCUT2D eigenvalue weighted by Crippen LogP contribution is -2.60. The molecule has 1 unspecified atom stereocenters. The number of nitrogens with one attached hydrogen (secondary N) is 2. The van der Waals surface area contributed by atoms with Gasteiger partial charge in [0.2, 0.25) is 11.8 Å². The van der Waals surface area contributed by atoms with Gasteiger partial charge in [0.25, 0.3) is 0 Å². The summed E-state index contributed by atoms with van der Waals surface area (Å²) in [6.45, 7) is 5.75. The lowest BCUT2D eigenvalue weighted by molar-refractivity contribution is -0.147. The Labute approximate surface area is 256 Å². The molecule has 8 heteroatoms. The minimum atomic E-state index is -0.751. The summed E-state index contributed by atoms with van der Waals surface area (Å²) in [6, 6.07) is -0.751. The van der Waals surface area contributed by atoms with Gasteiger partial charge < -0.3 is 20.3 Å². The van der Waals surface area contributed by atoms with Crippen LogP contribution >= 0.6 is 12.2 Å². The maximum Gasteiger partial charge on any atom is 0.308 e. The number of esters is 1. The monoisotopic (exact) mass is 595 g/mol. The molecule has 0 aromatic carbocycles. The standard InChI is InChI=1S/C33H61N3O4S/c1-3-5-7-9-11-13-15-16-18-20-22-24-30(37)35-33(41)36-26-25-34-32(39)29(36)28-31(38)40-27-23-21-19-17-14-12-10-8-6-4-2/h29H,3-28H2,1-2H3,(H,34,39)(H,35,37,41). The van der Waals surface area contributed by atoms with E-state index in [2.05, 4.69) is 24.5 Å². The Morgan fingerprint density at radius 1 is 0.780 bits per heavy atom. The minimum Gasteiger partial charge on any atom is -0.466 e. The number of piperazine rings is 1. The Kier molecular flexibility index (Phi) is 23.6. The van der Waals surface area contributed by atoms with Crippen molar-refractivity contribution in [1.29, 1.82) is 0 Å². The minimum absolute atomic E-state index is 0.0712. The van der Waals surface area contributed by atoms with Crippen LogP contribution in [0.15, 0.2) is 0 Å². The summed E-state index contributed by atoms with van der Waals surface area (Å²) in [5, 5.41) is 5.81. The summed E-state index contributed by atoms with van der Waals surface area (Å²) < 4.78 is 5.42. The van der Waals surface area contributed by atoms with E-state index in [1.165, 1.54) is 96.3 Å². The summed E-state index contributed by atoms with van der Waals surface area (Å²) in [4.78, 5) is 39.2. The Hall–Kier alpha value is -1.70. The number of carbonyl (C=O) groups excluding carboxylic acids is 3. The van der Waals surface area contributed by atoms with Gasteiger partial charge in [-0.3, -0.25) is 14.4 Å². The molecule has 0 radical (unpaired) electrons. The van der Waals surface area contributed by atoms with Gasteiger partial charge in [0.1, 0.15) is 6.04 Å². The molecule has 0 aromatic heterocycles. The fourth-order valence-corrected chi connectivity index (χ4v) is 5.69. The number of rotatable bonds is 25. The van der Waals surface area contributed by atoms with Crippen LogP contribution in [0.2, 0.25) is 0 Å². The summed E-state index contributed by atoms with van der Waals surface area (Å²) >= 11 is 5.47. The van der Waals surface area contributed by atoms with Crippen LogP contribution in [-0.4, -0.2) is 53.5 Å². The van der Waals surface area contributed by atoms with Crippen molar-refractivity contribution in [1.82, 2.24) is 15.5 Å². The van der Waals surface area contributed by atoms with E-state index in [4.69, 9.17) is 17.0 Å². The highest BCUT2D eigenvalue weighted by Crippen LogP contribution is 2.14. The van der Waals surface area contributed by atoms with Crippen LogP contribution in [0.3, 0.4) is 0 Å². The first kappa shape index (κ1) is 37.3.